The van der Waals surface area contributed by atoms with E-state index in [2.05, 4.69) is 10.3 Å². The quantitative estimate of drug-likeness (QED) is 0.262. The Bertz CT molecular complexity index is 1540. The van der Waals surface area contributed by atoms with E-state index >= 15 is 0 Å². The second-order valence-electron chi connectivity index (χ2n) is 9.52. The summed E-state index contributed by atoms with van der Waals surface area (Å²) in [6, 6.07) is 18.3. The molecule has 1 fully saturated rings. The van der Waals surface area contributed by atoms with Crippen LogP contribution in [0.5, 0.6) is 11.5 Å². The van der Waals surface area contributed by atoms with E-state index in [9.17, 15) is 14.0 Å². The summed E-state index contributed by atoms with van der Waals surface area (Å²) in [6.07, 6.45) is 3.72. The maximum absolute atomic E-state index is 14.4. The Kier molecular flexibility index (Phi) is 8.02. The molecular formula is C30H28ClFN4O4. The molecular weight excluding hydrogens is 535 g/mol. The normalized spacial score (nSPS) is 12.6. The SMILES string of the molecule is COc1ccc(-n2cc(-c3ccc(Cl)cc3)nc2NC(=O)CN(CC2CC2)C(=O)c2ccccc2F)cc1OC. The van der Waals surface area contributed by atoms with Gasteiger partial charge in [0.05, 0.1) is 31.2 Å². The second kappa shape index (κ2) is 11.8. The van der Waals surface area contributed by atoms with Crippen molar-refractivity contribution in [2.45, 2.75) is 12.8 Å². The van der Waals surface area contributed by atoms with Crippen molar-refractivity contribution in [2.75, 3.05) is 32.6 Å². The number of methoxy groups -OCH3 is 2. The molecule has 0 unspecified atom stereocenters. The van der Waals surface area contributed by atoms with Crippen molar-refractivity contribution in [3.05, 3.63) is 89.3 Å². The van der Waals surface area contributed by atoms with Gasteiger partial charge in [-0.15, -0.1) is 0 Å². The molecule has 8 nitrogen and oxygen atoms in total. The van der Waals surface area contributed by atoms with E-state index in [4.69, 9.17) is 21.1 Å². The van der Waals surface area contributed by atoms with Crippen molar-refractivity contribution >= 4 is 29.4 Å². The number of rotatable bonds is 10. The molecule has 3 aromatic carbocycles. The number of nitrogens with zero attached hydrogens (tertiary/aromatic N) is 3. The van der Waals surface area contributed by atoms with Gasteiger partial charge in [0, 0.05) is 29.4 Å². The summed E-state index contributed by atoms with van der Waals surface area (Å²) in [7, 11) is 3.09. The number of amides is 2. The smallest absolute Gasteiger partial charge is 0.257 e. The third kappa shape index (κ3) is 6.10. The van der Waals surface area contributed by atoms with E-state index in [0.717, 1.165) is 18.4 Å². The number of halogens is 2. The van der Waals surface area contributed by atoms with Gasteiger partial charge in [0.2, 0.25) is 11.9 Å². The van der Waals surface area contributed by atoms with Crippen LogP contribution in [-0.4, -0.2) is 53.6 Å². The lowest BCUT2D eigenvalue weighted by molar-refractivity contribution is -0.117. The lowest BCUT2D eigenvalue weighted by Gasteiger charge is -2.22. The zero-order chi connectivity index (χ0) is 28.2. The van der Waals surface area contributed by atoms with Crippen molar-refractivity contribution in [3.8, 4) is 28.4 Å². The lowest BCUT2D eigenvalue weighted by Crippen LogP contribution is -2.40. The van der Waals surface area contributed by atoms with Crippen LogP contribution in [0.1, 0.15) is 23.2 Å². The number of hydrogen-bond acceptors (Lipinski definition) is 5. The molecule has 0 radical (unpaired) electrons. The third-order valence-corrected chi connectivity index (χ3v) is 6.90. The van der Waals surface area contributed by atoms with Crippen molar-refractivity contribution in [2.24, 2.45) is 5.92 Å². The maximum atomic E-state index is 14.4. The minimum absolute atomic E-state index is 0.0622. The van der Waals surface area contributed by atoms with Crippen molar-refractivity contribution < 1.29 is 23.5 Å². The number of aromatic nitrogens is 2. The summed E-state index contributed by atoms with van der Waals surface area (Å²) in [6.45, 7) is 0.124. The largest absolute Gasteiger partial charge is 0.493 e. The van der Waals surface area contributed by atoms with Crippen molar-refractivity contribution in [3.63, 3.8) is 0 Å². The van der Waals surface area contributed by atoms with Crippen LogP contribution in [0.3, 0.4) is 0 Å². The summed E-state index contributed by atoms with van der Waals surface area (Å²) in [5, 5.41) is 3.44. The van der Waals surface area contributed by atoms with Gasteiger partial charge in [-0.2, -0.15) is 0 Å². The Morgan fingerprint density at radius 1 is 1.05 bits per heavy atom. The summed E-state index contributed by atoms with van der Waals surface area (Å²) in [4.78, 5) is 32.6. The van der Waals surface area contributed by atoms with Gasteiger partial charge in [0.1, 0.15) is 12.4 Å². The van der Waals surface area contributed by atoms with Crippen LogP contribution in [0.2, 0.25) is 5.02 Å². The molecule has 0 saturated heterocycles. The number of ether oxygens (including phenoxy) is 2. The van der Waals surface area contributed by atoms with E-state index in [1.54, 1.807) is 55.3 Å². The first-order chi connectivity index (χ1) is 19.4. The van der Waals surface area contributed by atoms with Crippen LogP contribution in [0.4, 0.5) is 10.3 Å². The summed E-state index contributed by atoms with van der Waals surface area (Å²) in [5.74, 6) is -0.00103. The Hall–Kier alpha value is -4.37. The topological polar surface area (TPSA) is 85.7 Å². The fourth-order valence-electron chi connectivity index (χ4n) is 4.37. The van der Waals surface area contributed by atoms with E-state index in [-0.39, 0.29) is 18.1 Å². The molecule has 1 heterocycles. The van der Waals surface area contributed by atoms with E-state index in [1.165, 1.54) is 23.1 Å². The Balaban J connectivity index is 1.45. The monoisotopic (exact) mass is 562 g/mol. The van der Waals surface area contributed by atoms with Crippen LogP contribution in [0.25, 0.3) is 16.9 Å². The third-order valence-electron chi connectivity index (χ3n) is 6.64. The molecule has 0 aliphatic heterocycles. The van der Waals surface area contributed by atoms with Gasteiger partial charge in [-0.3, -0.25) is 19.5 Å². The first kappa shape index (κ1) is 27.2. The number of carbonyl (C=O) groups excluding carboxylic acids is 2. The van der Waals surface area contributed by atoms with Gasteiger partial charge < -0.3 is 14.4 Å². The molecule has 0 bridgehead atoms. The fraction of sp³-hybridized carbons (Fsp3) is 0.233. The maximum Gasteiger partial charge on any atom is 0.257 e. The van der Waals surface area contributed by atoms with Gasteiger partial charge in [-0.05, 0) is 55.2 Å². The molecule has 5 rings (SSSR count). The van der Waals surface area contributed by atoms with Gasteiger partial charge in [-0.25, -0.2) is 9.37 Å². The molecule has 1 aliphatic carbocycles. The summed E-state index contributed by atoms with van der Waals surface area (Å²) in [5.41, 5.74) is 1.99. The zero-order valence-electron chi connectivity index (χ0n) is 22.1. The first-order valence-corrected chi connectivity index (χ1v) is 13.2. The Morgan fingerprint density at radius 3 is 2.45 bits per heavy atom. The Labute approximate surface area is 236 Å². The summed E-state index contributed by atoms with van der Waals surface area (Å²) >= 11 is 6.07. The number of imidazole rings is 1. The van der Waals surface area contributed by atoms with Crippen LogP contribution < -0.4 is 14.8 Å². The number of carbonyl (C=O) groups is 2. The molecule has 10 heteroatoms. The van der Waals surface area contributed by atoms with E-state index in [1.807, 2.05) is 18.2 Å². The molecule has 1 aliphatic rings. The standard InChI is InChI=1S/C30H28ClFN4O4/c1-39-26-14-13-22(15-27(26)40-2)36-17-25(20-9-11-21(31)12-10-20)33-30(36)34-28(37)18-35(16-19-7-8-19)29(38)23-5-3-4-6-24(23)32/h3-6,9-15,17,19H,7-8,16,18H2,1-2H3,(H,33,34,37). The number of benzene rings is 3. The summed E-state index contributed by atoms with van der Waals surface area (Å²) < 4.78 is 26.9. The van der Waals surface area contributed by atoms with Gasteiger partial charge in [0.25, 0.3) is 5.91 Å². The van der Waals surface area contributed by atoms with Gasteiger partial charge in [0.15, 0.2) is 11.5 Å². The van der Waals surface area contributed by atoms with Crippen LogP contribution in [-0.2, 0) is 4.79 Å². The van der Waals surface area contributed by atoms with Crippen molar-refractivity contribution in [1.82, 2.24) is 14.5 Å². The first-order valence-electron chi connectivity index (χ1n) is 12.8. The van der Waals surface area contributed by atoms with E-state index < -0.39 is 17.6 Å². The molecule has 1 saturated carbocycles. The van der Waals surface area contributed by atoms with Crippen molar-refractivity contribution in [1.29, 1.82) is 0 Å². The molecule has 4 aromatic rings. The number of nitrogens with one attached hydrogen (secondary N) is 1. The highest BCUT2D eigenvalue weighted by Gasteiger charge is 2.30. The number of hydrogen-bond donors (Lipinski definition) is 1. The highest BCUT2D eigenvalue weighted by atomic mass is 35.5. The lowest BCUT2D eigenvalue weighted by atomic mass is 10.1. The van der Waals surface area contributed by atoms with Crippen LogP contribution in [0.15, 0.2) is 72.9 Å². The molecule has 1 N–H and O–H groups in total. The molecule has 0 atom stereocenters. The molecule has 206 valence electrons. The zero-order valence-corrected chi connectivity index (χ0v) is 22.8. The number of anilines is 1. The second-order valence-corrected chi connectivity index (χ2v) is 9.96. The highest BCUT2D eigenvalue weighted by Crippen LogP contribution is 2.33. The van der Waals surface area contributed by atoms with Gasteiger partial charge in [-0.1, -0.05) is 35.9 Å². The van der Waals surface area contributed by atoms with Crippen LogP contribution in [0, 0.1) is 11.7 Å². The predicted octanol–water partition coefficient (Wildman–Crippen LogP) is 5.84. The minimum atomic E-state index is -0.620. The average molecular weight is 563 g/mol. The van der Waals surface area contributed by atoms with Crippen LogP contribution >= 0.6 is 11.6 Å². The van der Waals surface area contributed by atoms with E-state index in [0.29, 0.717) is 40.4 Å². The molecule has 2 amide bonds. The molecule has 40 heavy (non-hydrogen) atoms. The molecule has 0 spiro atoms. The van der Waals surface area contributed by atoms with Gasteiger partial charge >= 0.3 is 0 Å². The Morgan fingerprint density at radius 2 is 1.77 bits per heavy atom. The average Bonchev–Trinajstić information content (AvgIpc) is 3.69. The fourth-order valence-corrected chi connectivity index (χ4v) is 4.50. The predicted molar refractivity (Wildman–Crippen MR) is 151 cm³/mol. The highest BCUT2D eigenvalue weighted by molar-refractivity contribution is 6.30. The minimum Gasteiger partial charge on any atom is -0.493 e. The molecule has 1 aromatic heterocycles.